The SMILES string of the molecule is CCC(=O)OCC(COP(=O)(OC)OCCNC(=O)OC(C)(C)C)OC(=O)CC. The fourth-order valence-corrected chi connectivity index (χ4v) is 2.56. The lowest BCUT2D eigenvalue weighted by molar-refractivity contribution is -0.160. The number of phosphoric acid groups is 1. The van der Waals surface area contributed by atoms with E-state index < -0.39 is 37.6 Å². The van der Waals surface area contributed by atoms with Crippen molar-refractivity contribution in [2.75, 3.05) is 33.5 Å². The minimum Gasteiger partial charge on any atom is -0.462 e. The molecule has 1 amide bonds. The van der Waals surface area contributed by atoms with Gasteiger partial charge in [-0.3, -0.25) is 23.2 Å². The van der Waals surface area contributed by atoms with Gasteiger partial charge in [0.05, 0.1) is 13.2 Å². The molecule has 0 aliphatic carbocycles. The monoisotopic (exact) mass is 441 g/mol. The predicted molar refractivity (Wildman–Crippen MR) is 102 cm³/mol. The average molecular weight is 441 g/mol. The Hall–Kier alpha value is -1.68. The van der Waals surface area contributed by atoms with E-state index in [1.54, 1.807) is 34.6 Å². The van der Waals surface area contributed by atoms with E-state index in [4.69, 9.17) is 27.8 Å². The van der Waals surface area contributed by atoms with Gasteiger partial charge in [-0.25, -0.2) is 9.36 Å². The Morgan fingerprint density at radius 2 is 1.62 bits per heavy atom. The first-order chi connectivity index (χ1) is 13.4. The quantitative estimate of drug-likeness (QED) is 0.196. The lowest BCUT2D eigenvalue weighted by Gasteiger charge is -2.21. The number of phosphoric ester groups is 1. The largest absolute Gasteiger partial charge is 0.474 e. The van der Waals surface area contributed by atoms with Crippen molar-refractivity contribution in [2.24, 2.45) is 0 Å². The number of nitrogens with one attached hydrogen (secondary N) is 1. The predicted octanol–water partition coefficient (Wildman–Crippen LogP) is 2.57. The molecule has 0 bridgehead atoms. The van der Waals surface area contributed by atoms with Gasteiger partial charge in [-0.05, 0) is 20.8 Å². The van der Waals surface area contributed by atoms with E-state index >= 15 is 0 Å². The summed E-state index contributed by atoms with van der Waals surface area (Å²) in [6, 6.07) is 0. The van der Waals surface area contributed by atoms with Gasteiger partial charge < -0.3 is 19.5 Å². The van der Waals surface area contributed by atoms with Gasteiger partial charge in [0.15, 0.2) is 6.10 Å². The molecule has 0 heterocycles. The molecule has 0 rings (SSSR count). The Kier molecular flexibility index (Phi) is 12.7. The summed E-state index contributed by atoms with van der Waals surface area (Å²) < 4.78 is 42.5. The zero-order valence-corrected chi connectivity index (χ0v) is 18.7. The van der Waals surface area contributed by atoms with Crippen LogP contribution in [-0.4, -0.2) is 63.2 Å². The molecule has 2 unspecified atom stereocenters. The summed E-state index contributed by atoms with van der Waals surface area (Å²) in [4.78, 5) is 34.3. The molecule has 0 saturated carbocycles. The zero-order valence-electron chi connectivity index (χ0n) is 17.8. The number of alkyl carbamates (subject to hydrolysis) is 1. The van der Waals surface area contributed by atoms with Crippen LogP contribution in [0.3, 0.4) is 0 Å². The Balaban J connectivity index is 4.55. The molecule has 0 spiro atoms. The fraction of sp³-hybridized carbons (Fsp3) is 0.824. The number of hydrogen-bond donors (Lipinski definition) is 1. The highest BCUT2D eigenvalue weighted by molar-refractivity contribution is 7.48. The van der Waals surface area contributed by atoms with Crippen molar-refractivity contribution < 1.29 is 46.7 Å². The second-order valence-electron chi connectivity index (χ2n) is 6.69. The van der Waals surface area contributed by atoms with Gasteiger partial charge in [0.1, 0.15) is 12.2 Å². The van der Waals surface area contributed by atoms with Crippen molar-refractivity contribution in [3.63, 3.8) is 0 Å². The Morgan fingerprint density at radius 3 is 2.14 bits per heavy atom. The number of hydrogen-bond acceptors (Lipinski definition) is 10. The topological polar surface area (TPSA) is 136 Å². The van der Waals surface area contributed by atoms with Gasteiger partial charge >= 0.3 is 25.9 Å². The Bertz CT molecular complexity index is 575. The third-order valence-corrected chi connectivity index (χ3v) is 4.38. The molecular weight excluding hydrogens is 409 g/mol. The Morgan fingerprint density at radius 1 is 1.00 bits per heavy atom. The van der Waals surface area contributed by atoms with E-state index in [1.807, 2.05) is 0 Å². The maximum absolute atomic E-state index is 12.5. The van der Waals surface area contributed by atoms with E-state index in [0.29, 0.717) is 0 Å². The highest BCUT2D eigenvalue weighted by atomic mass is 31.2. The maximum atomic E-state index is 12.5. The molecule has 0 radical (unpaired) electrons. The standard InChI is InChI=1S/C17H32NO10P/c1-7-14(19)24-11-13(27-15(20)8-2)12-26-29(22,23-6)25-10-9-18-16(21)28-17(3,4)5/h13H,7-12H2,1-6H3,(H,18,21). The van der Waals surface area contributed by atoms with Gasteiger partial charge in [0.2, 0.25) is 0 Å². The molecule has 0 fully saturated rings. The number of carbonyl (C=O) groups excluding carboxylic acids is 3. The minimum atomic E-state index is -3.99. The first-order valence-corrected chi connectivity index (χ1v) is 10.7. The van der Waals surface area contributed by atoms with Crippen LogP contribution in [0.5, 0.6) is 0 Å². The normalized spacial score (nSPS) is 14.4. The molecule has 2 atom stereocenters. The summed E-state index contributed by atoms with van der Waals surface area (Å²) in [7, 11) is -2.87. The third-order valence-electron chi connectivity index (χ3n) is 2.97. The summed E-state index contributed by atoms with van der Waals surface area (Å²) in [5.41, 5.74) is -0.651. The molecular formula is C17H32NO10P. The number of ether oxygens (including phenoxy) is 3. The van der Waals surface area contributed by atoms with Gasteiger partial charge in [-0.1, -0.05) is 13.8 Å². The van der Waals surface area contributed by atoms with Gasteiger partial charge in [0, 0.05) is 26.5 Å². The van der Waals surface area contributed by atoms with Crippen LogP contribution in [0.2, 0.25) is 0 Å². The Labute approximate surface area is 171 Å². The van der Waals surface area contributed by atoms with E-state index in [-0.39, 0.29) is 39.2 Å². The second kappa shape index (κ2) is 13.5. The van der Waals surface area contributed by atoms with Crippen LogP contribution in [0.4, 0.5) is 4.79 Å². The maximum Gasteiger partial charge on any atom is 0.474 e. The van der Waals surface area contributed by atoms with E-state index in [2.05, 4.69) is 5.32 Å². The van der Waals surface area contributed by atoms with Crippen molar-refractivity contribution >= 4 is 25.9 Å². The fourth-order valence-electron chi connectivity index (χ4n) is 1.62. The molecule has 1 N–H and O–H groups in total. The molecule has 170 valence electrons. The smallest absolute Gasteiger partial charge is 0.462 e. The summed E-state index contributed by atoms with van der Waals surface area (Å²) in [5, 5.41) is 2.43. The van der Waals surface area contributed by atoms with Crippen molar-refractivity contribution in [1.82, 2.24) is 5.32 Å². The van der Waals surface area contributed by atoms with Crippen LogP contribution in [0.15, 0.2) is 0 Å². The van der Waals surface area contributed by atoms with Gasteiger partial charge in [-0.2, -0.15) is 0 Å². The van der Waals surface area contributed by atoms with E-state index in [9.17, 15) is 18.9 Å². The van der Waals surface area contributed by atoms with Crippen LogP contribution >= 0.6 is 7.82 Å². The molecule has 0 saturated heterocycles. The molecule has 29 heavy (non-hydrogen) atoms. The lowest BCUT2D eigenvalue weighted by atomic mass is 10.2. The lowest BCUT2D eigenvalue weighted by Crippen LogP contribution is -2.34. The number of rotatable bonds is 13. The summed E-state index contributed by atoms with van der Waals surface area (Å²) >= 11 is 0. The van der Waals surface area contributed by atoms with Crippen molar-refractivity contribution in [1.29, 1.82) is 0 Å². The van der Waals surface area contributed by atoms with Crippen molar-refractivity contribution in [2.45, 2.75) is 59.2 Å². The van der Waals surface area contributed by atoms with Crippen LogP contribution in [0, 0.1) is 0 Å². The van der Waals surface area contributed by atoms with Gasteiger partial charge in [-0.15, -0.1) is 0 Å². The first kappa shape index (κ1) is 27.3. The molecule has 0 aromatic carbocycles. The molecule has 12 heteroatoms. The molecule has 0 aromatic rings. The molecule has 0 aliphatic heterocycles. The summed E-state index contributed by atoms with van der Waals surface area (Å²) in [6.07, 6.45) is -1.38. The van der Waals surface area contributed by atoms with Gasteiger partial charge in [0.25, 0.3) is 0 Å². The van der Waals surface area contributed by atoms with Crippen molar-refractivity contribution in [3.8, 4) is 0 Å². The van der Waals surface area contributed by atoms with Crippen LogP contribution in [0.1, 0.15) is 47.5 Å². The van der Waals surface area contributed by atoms with Crippen LogP contribution in [-0.2, 0) is 41.9 Å². The van der Waals surface area contributed by atoms with Crippen molar-refractivity contribution in [3.05, 3.63) is 0 Å². The molecule has 11 nitrogen and oxygen atoms in total. The highest BCUT2D eigenvalue weighted by Crippen LogP contribution is 2.48. The third kappa shape index (κ3) is 14.0. The number of amides is 1. The highest BCUT2D eigenvalue weighted by Gasteiger charge is 2.28. The summed E-state index contributed by atoms with van der Waals surface area (Å²) in [5.74, 6) is -1.03. The van der Waals surface area contributed by atoms with Crippen LogP contribution in [0.25, 0.3) is 0 Å². The van der Waals surface area contributed by atoms with E-state index in [1.165, 1.54) is 0 Å². The first-order valence-electron chi connectivity index (χ1n) is 9.21. The minimum absolute atomic E-state index is 0.00597. The molecule has 0 aliphatic rings. The number of esters is 2. The van der Waals surface area contributed by atoms with Crippen LogP contribution < -0.4 is 5.32 Å². The summed E-state index contributed by atoms with van der Waals surface area (Å²) in [6.45, 7) is 7.53. The molecule has 0 aromatic heterocycles. The second-order valence-corrected chi connectivity index (χ2v) is 8.47. The van der Waals surface area contributed by atoms with E-state index in [0.717, 1.165) is 7.11 Å². The average Bonchev–Trinajstić information content (AvgIpc) is 2.65. The zero-order chi connectivity index (χ0) is 22.5. The number of carbonyl (C=O) groups is 3.